The van der Waals surface area contributed by atoms with E-state index in [0.29, 0.717) is 20.6 Å². The second kappa shape index (κ2) is 5.93. The largest absolute Gasteiger partial charge is 0.349 e. The number of pyridine rings is 2. The van der Waals surface area contributed by atoms with Crippen LogP contribution in [0.25, 0.3) is 21.8 Å². The van der Waals surface area contributed by atoms with Gasteiger partial charge in [-0.15, -0.1) is 0 Å². The van der Waals surface area contributed by atoms with E-state index in [4.69, 9.17) is 0 Å². The van der Waals surface area contributed by atoms with Crippen molar-refractivity contribution >= 4 is 33.6 Å². The maximum absolute atomic E-state index is 12.8. The summed E-state index contributed by atoms with van der Waals surface area (Å²) in [6.07, 6.45) is 3.59. The lowest BCUT2D eigenvalue weighted by molar-refractivity contribution is 0.916. The van der Waals surface area contributed by atoms with Crippen molar-refractivity contribution in [2.45, 2.75) is 9.79 Å². The van der Waals surface area contributed by atoms with Crippen LogP contribution in [0.5, 0.6) is 0 Å². The summed E-state index contributed by atoms with van der Waals surface area (Å²) in [4.78, 5) is 26.7. The first-order valence-corrected chi connectivity index (χ1v) is 8.72. The van der Waals surface area contributed by atoms with E-state index in [9.17, 15) is 9.59 Å². The minimum absolute atomic E-state index is 0.0473. The van der Waals surface area contributed by atoms with Gasteiger partial charge in [0.05, 0.1) is 20.8 Å². The Morgan fingerprint density at radius 3 is 1.52 bits per heavy atom. The van der Waals surface area contributed by atoms with Crippen molar-refractivity contribution in [3.05, 3.63) is 81.4 Å². The zero-order valence-electron chi connectivity index (χ0n) is 13.9. The van der Waals surface area contributed by atoms with E-state index in [1.54, 1.807) is 12.4 Å². The number of nitrogens with zero attached hydrogens (tertiary/aromatic N) is 2. The Kier molecular flexibility index (Phi) is 3.73. The van der Waals surface area contributed by atoms with E-state index in [0.717, 1.165) is 11.0 Å². The third-order valence-corrected chi connectivity index (χ3v) is 5.37. The van der Waals surface area contributed by atoms with E-state index >= 15 is 0 Å². The van der Waals surface area contributed by atoms with Gasteiger partial charge in [0, 0.05) is 37.3 Å². The normalized spacial score (nSPS) is 11.3. The van der Waals surface area contributed by atoms with Crippen LogP contribution in [0.4, 0.5) is 0 Å². The standard InChI is InChI=1S/C20H16N2O2S/c1-21-11-17(19(23)13-7-3-5-9-15(13)21)25-18-12-22(2)16-10-6-4-8-14(16)20(18)24/h3-12H,1-2H3. The van der Waals surface area contributed by atoms with Crippen molar-refractivity contribution in [3.8, 4) is 0 Å². The second-order valence-corrected chi connectivity index (χ2v) is 7.09. The number of para-hydroxylation sites is 2. The number of rotatable bonds is 2. The summed E-state index contributed by atoms with van der Waals surface area (Å²) in [7, 11) is 3.81. The number of hydrogen-bond donors (Lipinski definition) is 0. The number of aryl methyl sites for hydroxylation is 2. The quantitative estimate of drug-likeness (QED) is 0.556. The van der Waals surface area contributed by atoms with Crippen molar-refractivity contribution < 1.29 is 0 Å². The van der Waals surface area contributed by atoms with Crippen LogP contribution >= 0.6 is 11.8 Å². The molecule has 0 unspecified atom stereocenters. The molecule has 25 heavy (non-hydrogen) atoms. The Labute approximate surface area is 148 Å². The van der Waals surface area contributed by atoms with Crippen LogP contribution in [-0.2, 0) is 14.1 Å². The van der Waals surface area contributed by atoms with Gasteiger partial charge in [-0.25, -0.2) is 0 Å². The highest BCUT2D eigenvalue weighted by Gasteiger charge is 2.13. The third kappa shape index (κ3) is 2.57. The summed E-state index contributed by atoms with van der Waals surface area (Å²) in [6, 6.07) is 15.0. The van der Waals surface area contributed by atoms with E-state index < -0.39 is 0 Å². The minimum Gasteiger partial charge on any atom is -0.349 e. The predicted molar refractivity (Wildman–Crippen MR) is 103 cm³/mol. The lowest BCUT2D eigenvalue weighted by atomic mass is 10.2. The number of fused-ring (bicyclic) bond motifs is 2. The maximum Gasteiger partial charge on any atom is 0.203 e. The van der Waals surface area contributed by atoms with Crippen LogP contribution in [0, 0.1) is 0 Å². The third-order valence-electron chi connectivity index (χ3n) is 4.35. The average Bonchev–Trinajstić information content (AvgIpc) is 2.64. The molecule has 2 heterocycles. The van der Waals surface area contributed by atoms with E-state index in [1.807, 2.05) is 71.8 Å². The van der Waals surface area contributed by atoms with Crippen molar-refractivity contribution in [1.29, 1.82) is 0 Å². The Bertz CT molecular complexity index is 1140. The highest BCUT2D eigenvalue weighted by atomic mass is 32.2. The lowest BCUT2D eigenvalue weighted by Crippen LogP contribution is -2.13. The molecule has 0 radical (unpaired) electrons. The Morgan fingerprint density at radius 2 is 1.08 bits per heavy atom. The molecular formula is C20H16N2O2S. The molecule has 0 amide bonds. The van der Waals surface area contributed by atoms with E-state index in [1.165, 1.54) is 11.8 Å². The summed E-state index contributed by atoms with van der Waals surface area (Å²) in [5.74, 6) is 0. The van der Waals surface area contributed by atoms with Gasteiger partial charge in [0.15, 0.2) is 0 Å². The lowest BCUT2D eigenvalue weighted by Gasteiger charge is -2.10. The highest BCUT2D eigenvalue weighted by molar-refractivity contribution is 7.99. The van der Waals surface area contributed by atoms with Gasteiger partial charge < -0.3 is 9.13 Å². The van der Waals surface area contributed by atoms with E-state index in [-0.39, 0.29) is 10.9 Å². The number of hydrogen-bond acceptors (Lipinski definition) is 3. The Balaban J connectivity index is 1.92. The van der Waals surface area contributed by atoms with Gasteiger partial charge in [-0.05, 0) is 24.3 Å². The molecular weight excluding hydrogens is 332 g/mol. The molecule has 2 aromatic carbocycles. The van der Waals surface area contributed by atoms with Crippen molar-refractivity contribution in [3.63, 3.8) is 0 Å². The molecule has 0 bridgehead atoms. The molecule has 5 heteroatoms. The molecule has 0 saturated heterocycles. The summed E-state index contributed by atoms with van der Waals surface area (Å²) in [6.45, 7) is 0. The molecule has 4 rings (SSSR count). The van der Waals surface area contributed by atoms with Gasteiger partial charge in [0.2, 0.25) is 10.9 Å². The second-order valence-electron chi connectivity index (χ2n) is 6.00. The molecule has 4 aromatic rings. The first kappa shape index (κ1) is 15.7. The van der Waals surface area contributed by atoms with Crippen molar-refractivity contribution in [2.24, 2.45) is 14.1 Å². The zero-order chi connectivity index (χ0) is 17.6. The van der Waals surface area contributed by atoms with Gasteiger partial charge in [-0.2, -0.15) is 0 Å². The zero-order valence-corrected chi connectivity index (χ0v) is 14.7. The van der Waals surface area contributed by atoms with Crippen molar-refractivity contribution in [1.82, 2.24) is 9.13 Å². The van der Waals surface area contributed by atoms with Gasteiger partial charge in [-0.1, -0.05) is 36.0 Å². The van der Waals surface area contributed by atoms with Crippen LogP contribution in [0.2, 0.25) is 0 Å². The number of aromatic nitrogens is 2. The molecule has 4 nitrogen and oxygen atoms in total. The molecule has 0 fully saturated rings. The first-order valence-electron chi connectivity index (χ1n) is 7.91. The van der Waals surface area contributed by atoms with Gasteiger partial charge in [0.1, 0.15) is 0 Å². The monoisotopic (exact) mass is 348 g/mol. The Hall–Kier alpha value is -2.79. The smallest absolute Gasteiger partial charge is 0.203 e. The molecule has 0 N–H and O–H groups in total. The molecule has 0 aliphatic rings. The van der Waals surface area contributed by atoms with Gasteiger partial charge >= 0.3 is 0 Å². The number of benzene rings is 2. The van der Waals surface area contributed by atoms with Crippen LogP contribution in [0.3, 0.4) is 0 Å². The van der Waals surface area contributed by atoms with Gasteiger partial charge in [-0.3, -0.25) is 9.59 Å². The first-order chi connectivity index (χ1) is 12.1. The fourth-order valence-electron chi connectivity index (χ4n) is 3.08. The van der Waals surface area contributed by atoms with Crippen LogP contribution in [-0.4, -0.2) is 9.13 Å². The predicted octanol–water partition coefficient (Wildman–Crippen LogP) is 3.54. The summed E-state index contributed by atoms with van der Waals surface area (Å²) in [5, 5.41) is 1.32. The molecule has 0 spiro atoms. The van der Waals surface area contributed by atoms with Crippen molar-refractivity contribution in [2.75, 3.05) is 0 Å². The maximum atomic E-state index is 12.8. The molecule has 0 aliphatic carbocycles. The van der Waals surface area contributed by atoms with Crippen LogP contribution < -0.4 is 10.9 Å². The molecule has 0 saturated carbocycles. The molecule has 124 valence electrons. The Morgan fingerprint density at radius 1 is 0.680 bits per heavy atom. The fraction of sp³-hybridized carbons (Fsp3) is 0.100. The van der Waals surface area contributed by atoms with Crippen LogP contribution in [0.15, 0.2) is 80.3 Å². The molecule has 2 aromatic heterocycles. The van der Waals surface area contributed by atoms with E-state index in [2.05, 4.69) is 0 Å². The van der Waals surface area contributed by atoms with Gasteiger partial charge in [0.25, 0.3) is 0 Å². The summed E-state index contributed by atoms with van der Waals surface area (Å²) >= 11 is 1.23. The summed E-state index contributed by atoms with van der Waals surface area (Å²) in [5.41, 5.74) is 1.66. The molecule has 0 aliphatic heterocycles. The minimum atomic E-state index is -0.0473. The molecule has 0 atom stereocenters. The fourth-order valence-corrected chi connectivity index (χ4v) is 4.15. The summed E-state index contributed by atoms with van der Waals surface area (Å²) < 4.78 is 3.84. The highest BCUT2D eigenvalue weighted by Crippen LogP contribution is 2.25. The average molecular weight is 348 g/mol. The topological polar surface area (TPSA) is 44.0 Å². The van der Waals surface area contributed by atoms with Crippen LogP contribution in [0.1, 0.15) is 0 Å². The SMILES string of the molecule is Cn1cc(Sc2cn(C)c3ccccc3c2=O)c(=O)c2ccccc21.